The fourth-order valence-electron chi connectivity index (χ4n) is 5.34. The van der Waals surface area contributed by atoms with Gasteiger partial charge in [-0.15, -0.1) is 0 Å². The summed E-state index contributed by atoms with van der Waals surface area (Å²) in [6.45, 7) is 0. The first-order chi connectivity index (χ1) is 18.4. The Morgan fingerprint density at radius 3 is 1.32 bits per heavy atom. The summed E-state index contributed by atoms with van der Waals surface area (Å²) in [5.74, 6) is -0.439. The number of fused-ring (bicyclic) bond motifs is 6. The lowest BCUT2D eigenvalue weighted by Gasteiger charge is -2.34. The maximum atomic E-state index is 10.1. The number of nitrogens with zero attached hydrogens (tertiary/aromatic N) is 2. The number of nitriles is 2. The molecule has 6 nitrogen and oxygen atoms in total. The van der Waals surface area contributed by atoms with Crippen molar-refractivity contribution in [2.45, 2.75) is 11.8 Å². The van der Waals surface area contributed by atoms with Crippen LogP contribution in [0.5, 0.6) is 11.5 Å². The minimum absolute atomic E-state index is 0.0299. The topological polar surface area (TPSA) is 118 Å². The molecule has 4 aromatic carbocycles. The van der Waals surface area contributed by atoms with Gasteiger partial charge in [-0.1, -0.05) is 71.7 Å². The van der Waals surface area contributed by atoms with Crippen molar-refractivity contribution < 1.29 is 9.47 Å². The molecule has 2 aliphatic rings. The van der Waals surface area contributed by atoms with Gasteiger partial charge in [0.25, 0.3) is 0 Å². The van der Waals surface area contributed by atoms with E-state index in [4.69, 9.17) is 44.1 Å². The number of rotatable bonds is 2. The third-order valence-corrected chi connectivity index (χ3v) is 7.46. The molecule has 0 radical (unpaired) electrons. The van der Waals surface area contributed by atoms with Crippen molar-refractivity contribution in [3.05, 3.63) is 128 Å². The van der Waals surface area contributed by atoms with Crippen LogP contribution in [0.25, 0.3) is 10.8 Å². The van der Waals surface area contributed by atoms with Crippen molar-refractivity contribution in [2.75, 3.05) is 0 Å². The number of allylic oxidation sites excluding steroid dienone is 2. The number of halogens is 2. The van der Waals surface area contributed by atoms with Gasteiger partial charge in [0.15, 0.2) is 11.5 Å². The van der Waals surface area contributed by atoms with Crippen molar-refractivity contribution in [3.8, 4) is 23.6 Å². The zero-order valence-electron chi connectivity index (χ0n) is 19.7. The third-order valence-electron chi connectivity index (χ3n) is 6.96. The fourth-order valence-corrected chi connectivity index (χ4v) is 5.59. The van der Waals surface area contributed by atoms with Crippen molar-refractivity contribution in [1.29, 1.82) is 10.5 Å². The van der Waals surface area contributed by atoms with E-state index >= 15 is 0 Å². The van der Waals surface area contributed by atoms with Gasteiger partial charge in [0.1, 0.15) is 23.3 Å². The van der Waals surface area contributed by atoms with E-state index < -0.39 is 11.8 Å². The van der Waals surface area contributed by atoms with Gasteiger partial charge in [-0.3, -0.25) is 0 Å². The summed E-state index contributed by atoms with van der Waals surface area (Å²) in [4.78, 5) is 0. The molecule has 0 fully saturated rings. The van der Waals surface area contributed by atoms with Crippen LogP contribution >= 0.6 is 23.2 Å². The van der Waals surface area contributed by atoms with E-state index in [0.29, 0.717) is 21.5 Å². The van der Waals surface area contributed by atoms with Gasteiger partial charge in [0.05, 0.1) is 11.8 Å². The van der Waals surface area contributed by atoms with E-state index in [2.05, 4.69) is 12.1 Å². The number of nitrogens with two attached hydrogens (primary N) is 2. The first-order valence-corrected chi connectivity index (χ1v) is 12.4. The van der Waals surface area contributed by atoms with Crippen LogP contribution < -0.4 is 20.9 Å². The predicted octanol–water partition coefficient (Wildman–Crippen LogP) is 6.58. The molecule has 2 aliphatic heterocycles. The molecule has 2 heterocycles. The zero-order chi connectivity index (χ0) is 26.6. The van der Waals surface area contributed by atoms with Gasteiger partial charge in [-0.05, 0) is 46.2 Å². The highest BCUT2D eigenvalue weighted by molar-refractivity contribution is 6.30. The molecule has 38 heavy (non-hydrogen) atoms. The van der Waals surface area contributed by atoms with Gasteiger partial charge in [-0.25, -0.2) is 0 Å². The molecule has 184 valence electrons. The molecule has 2 unspecified atom stereocenters. The largest absolute Gasteiger partial charge is 0.436 e. The molecule has 4 N–H and O–H groups in total. The van der Waals surface area contributed by atoms with Gasteiger partial charge in [0, 0.05) is 21.2 Å². The quantitative estimate of drug-likeness (QED) is 0.298. The molecule has 6 rings (SSSR count). The maximum Gasteiger partial charge on any atom is 0.205 e. The Hall–Kier alpha value is -4.62. The summed E-state index contributed by atoms with van der Waals surface area (Å²) >= 11 is 12.3. The lowest BCUT2D eigenvalue weighted by molar-refractivity contribution is 0.337. The summed E-state index contributed by atoms with van der Waals surface area (Å²) in [6.07, 6.45) is 0. The van der Waals surface area contributed by atoms with Gasteiger partial charge in [-0.2, -0.15) is 10.5 Å². The lowest BCUT2D eigenvalue weighted by Crippen LogP contribution is -2.26. The highest BCUT2D eigenvalue weighted by Gasteiger charge is 2.41. The lowest BCUT2D eigenvalue weighted by atomic mass is 9.76. The second-order valence-corrected chi connectivity index (χ2v) is 9.86. The third kappa shape index (κ3) is 3.55. The van der Waals surface area contributed by atoms with Gasteiger partial charge >= 0.3 is 0 Å². The number of benzene rings is 4. The van der Waals surface area contributed by atoms with Crippen LogP contribution in [0.4, 0.5) is 0 Å². The van der Waals surface area contributed by atoms with Crippen LogP contribution in [-0.2, 0) is 0 Å². The van der Waals surface area contributed by atoms with Crippen LogP contribution in [0.2, 0.25) is 10.0 Å². The number of hydrogen-bond acceptors (Lipinski definition) is 6. The Bertz CT molecular complexity index is 1650. The first-order valence-electron chi connectivity index (χ1n) is 11.7. The number of hydrogen-bond donors (Lipinski definition) is 2. The van der Waals surface area contributed by atoms with Crippen molar-refractivity contribution >= 4 is 34.0 Å². The summed E-state index contributed by atoms with van der Waals surface area (Å²) < 4.78 is 12.3. The molecular weight excluding hydrogens is 519 g/mol. The minimum Gasteiger partial charge on any atom is -0.436 e. The molecule has 0 saturated carbocycles. The fraction of sp³-hybridized carbons (Fsp3) is 0.0667. The highest BCUT2D eigenvalue weighted by Crippen LogP contribution is 2.56. The van der Waals surface area contributed by atoms with Crippen molar-refractivity contribution in [1.82, 2.24) is 0 Å². The molecule has 0 bridgehead atoms. The first kappa shape index (κ1) is 23.8. The van der Waals surface area contributed by atoms with Gasteiger partial charge < -0.3 is 20.9 Å². The molecule has 0 aliphatic carbocycles. The average molecular weight is 537 g/mol. The van der Waals surface area contributed by atoms with E-state index in [1.807, 2.05) is 48.5 Å². The van der Waals surface area contributed by atoms with Crippen LogP contribution in [0.3, 0.4) is 0 Å². The van der Waals surface area contributed by atoms with Gasteiger partial charge in [0.2, 0.25) is 11.8 Å². The molecular formula is C30H18Cl2N4O2. The Kier molecular flexibility index (Phi) is 5.65. The summed E-state index contributed by atoms with van der Waals surface area (Å²) in [5.41, 5.74) is 16.3. The molecule has 0 amide bonds. The van der Waals surface area contributed by atoms with Crippen LogP contribution in [0.1, 0.15) is 34.1 Å². The molecule has 0 aromatic heterocycles. The Balaban J connectivity index is 1.73. The smallest absolute Gasteiger partial charge is 0.205 e. The molecule has 0 spiro atoms. The maximum absolute atomic E-state index is 10.1. The normalized spacial score (nSPS) is 18.1. The second-order valence-electron chi connectivity index (χ2n) is 8.98. The SMILES string of the molecule is N#CC1=C(N)Oc2c3c(c4ccccc4c2C1c1ccc(Cl)cc1)C(c1ccc(Cl)cc1)C(C#N)=C(N)O3. The average Bonchev–Trinajstić information content (AvgIpc) is 2.93. The molecule has 4 aromatic rings. The second kappa shape index (κ2) is 9.04. The van der Waals surface area contributed by atoms with E-state index in [-0.39, 0.29) is 22.9 Å². The Morgan fingerprint density at radius 1 is 0.605 bits per heavy atom. The van der Waals surface area contributed by atoms with Crippen molar-refractivity contribution in [2.24, 2.45) is 11.5 Å². The molecule has 8 heteroatoms. The zero-order valence-corrected chi connectivity index (χ0v) is 21.2. The summed E-state index contributed by atoms with van der Waals surface area (Å²) in [6, 6.07) is 26.7. The van der Waals surface area contributed by atoms with Crippen LogP contribution in [0, 0.1) is 22.7 Å². The summed E-state index contributed by atoms with van der Waals surface area (Å²) in [5, 5.41) is 23.0. The Morgan fingerprint density at radius 2 is 0.974 bits per heavy atom. The van der Waals surface area contributed by atoms with E-state index in [1.165, 1.54) is 0 Å². The van der Waals surface area contributed by atoms with Crippen LogP contribution in [0.15, 0.2) is 95.7 Å². The molecule has 0 saturated heterocycles. The number of ether oxygens (including phenoxy) is 2. The molecule has 2 atom stereocenters. The highest BCUT2D eigenvalue weighted by atomic mass is 35.5. The van der Waals surface area contributed by atoms with E-state index in [0.717, 1.165) is 33.0 Å². The predicted molar refractivity (Wildman–Crippen MR) is 145 cm³/mol. The van der Waals surface area contributed by atoms with E-state index in [9.17, 15) is 10.5 Å². The van der Waals surface area contributed by atoms with E-state index in [1.54, 1.807) is 24.3 Å². The monoisotopic (exact) mass is 536 g/mol. The minimum atomic E-state index is -0.545. The van der Waals surface area contributed by atoms with Crippen molar-refractivity contribution in [3.63, 3.8) is 0 Å². The van der Waals surface area contributed by atoms with Crippen LogP contribution in [-0.4, -0.2) is 0 Å². The Labute approximate surface area is 228 Å². The summed E-state index contributed by atoms with van der Waals surface area (Å²) in [7, 11) is 0. The standard InChI is InChI=1S/C30H18Cl2N4O2/c31-17-9-5-15(6-10-17)23-21(13-33)29(35)37-27-25(23)19-3-1-2-4-20(19)26-24(16-7-11-18(32)12-8-16)22(14-34)30(36)38-28(26)27/h1-12,23-24H,35-36H2.